The summed E-state index contributed by atoms with van der Waals surface area (Å²) in [6.45, 7) is 5.38. The number of carbonyl (C=O) groups excluding carboxylic acids is 3. The molecule has 8 heteroatoms. The van der Waals surface area contributed by atoms with Crippen LogP contribution < -0.4 is 10.2 Å². The minimum Gasteiger partial charge on any atom is -0.379 e. The molecule has 3 aliphatic heterocycles. The lowest BCUT2D eigenvalue weighted by Gasteiger charge is -2.28. The molecule has 2 aromatic carbocycles. The summed E-state index contributed by atoms with van der Waals surface area (Å²) < 4.78 is 5.34. The maximum Gasteiger partial charge on any atom is 0.332 e. The Labute approximate surface area is 193 Å². The van der Waals surface area contributed by atoms with Crippen LogP contribution in [0.15, 0.2) is 48.5 Å². The number of benzene rings is 2. The van der Waals surface area contributed by atoms with Crippen LogP contribution >= 0.6 is 0 Å². The summed E-state index contributed by atoms with van der Waals surface area (Å²) in [5, 5.41) is 2.94. The molecule has 8 nitrogen and oxygen atoms in total. The third kappa shape index (κ3) is 4.36. The second-order valence-corrected chi connectivity index (χ2v) is 8.68. The van der Waals surface area contributed by atoms with Gasteiger partial charge in [0.15, 0.2) is 0 Å². The Balaban J connectivity index is 1.18. The molecule has 2 saturated heterocycles. The number of nitrogens with zero attached hydrogens (tertiary/aromatic N) is 3. The predicted molar refractivity (Wildman–Crippen MR) is 123 cm³/mol. The normalized spacial score (nSPS) is 20.5. The number of fused-ring (bicyclic) bond motifs is 2. The molecule has 5 rings (SSSR count). The number of amides is 4. The van der Waals surface area contributed by atoms with Gasteiger partial charge in [-0.1, -0.05) is 24.3 Å². The number of hydrogen-bond acceptors (Lipinski definition) is 5. The fourth-order valence-corrected chi connectivity index (χ4v) is 4.75. The van der Waals surface area contributed by atoms with Gasteiger partial charge in [-0.25, -0.2) is 9.69 Å². The van der Waals surface area contributed by atoms with Crippen LogP contribution in [-0.2, 0) is 22.5 Å². The lowest BCUT2D eigenvalue weighted by Crippen LogP contribution is -2.39. The van der Waals surface area contributed by atoms with Gasteiger partial charge in [-0.2, -0.15) is 0 Å². The van der Waals surface area contributed by atoms with Gasteiger partial charge >= 0.3 is 6.03 Å². The first kappa shape index (κ1) is 21.6. The van der Waals surface area contributed by atoms with Crippen molar-refractivity contribution < 1.29 is 19.1 Å². The van der Waals surface area contributed by atoms with E-state index in [2.05, 4.69) is 10.2 Å². The van der Waals surface area contributed by atoms with Gasteiger partial charge in [-0.3, -0.25) is 14.5 Å². The van der Waals surface area contributed by atoms with Crippen molar-refractivity contribution in [3.63, 3.8) is 0 Å². The zero-order valence-electron chi connectivity index (χ0n) is 18.5. The van der Waals surface area contributed by atoms with Crippen LogP contribution in [-0.4, -0.2) is 73.1 Å². The van der Waals surface area contributed by atoms with Crippen molar-refractivity contribution in [2.75, 3.05) is 44.3 Å². The highest BCUT2D eigenvalue weighted by atomic mass is 16.5. The zero-order valence-corrected chi connectivity index (χ0v) is 18.5. The van der Waals surface area contributed by atoms with Gasteiger partial charge in [0.1, 0.15) is 6.04 Å². The molecule has 172 valence electrons. The van der Waals surface area contributed by atoms with Crippen molar-refractivity contribution in [2.24, 2.45) is 0 Å². The van der Waals surface area contributed by atoms with Crippen LogP contribution in [0.1, 0.15) is 27.9 Å². The van der Waals surface area contributed by atoms with E-state index in [1.807, 2.05) is 24.3 Å². The monoisotopic (exact) mass is 448 g/mol. The number of imide groups is 1. The van der Waals surface area contributed by atoms with Crippen LogP contribution in [0.2, 0.25) is 0 Å². The maximum atomic E-state index is 13.1. The standard InChI is InChI=1S/C25H28N4O4/c30-23(26-10-3-11-27-12-14-33-15-13-27)18-6-8-21(9-7-18)29-24(31)22-16-19-4-1-2-5-20(19)17-28(22)25(29)32/h1-2,4-9,22H,3,10-17H2,(H,26,30)/t22-/m0/s1. The van der Waals surface area contributed by atoms with Crippen molar-refractivity contribution in [1.82, 2.24) is 15.1 Å². The van der Waals surface area contributed by atoms with Gasteiger partial charge in [0.25, 0.3) is 11.8 Å². The molecule has 0 spiro atoms. The summed E-state index contributed by atoms with van der Waals surface area (Å²) >= 11 is 0. The molecule has 33 heavy (non-hydrogen) atoms. The number of morpholine rings is 1. The van der Waals surface area contributed by atoms with Gasteiger partial charge < -0.3 is 15.0 Å². The first-order valence-corrected chi connectivity index (χ1v) is 11.5. The minimum atomic E-state index is -0.471. The molecule has 0 aliphatic carbocycles. The van der Waals surface area contributed by atoms with Crippen LogP contribution in [0, 0.1) is 0 Å². The number of urea groups is 1. The van der Waals surface area contributed by atoms with Crippen LogP contribution in [0.25, 0.3) is 0 Å². The first-order chi connectivity index (χ1) is 16.1. The van der Waals surface area contributed by atoms with Crippen LogP contribution in [0.4, 0.5) is 10.5 Å². The molecule has 1 N–H and O–H groups in total. The Morgan fingerprint density at radius 1 is 1.00 bits per heavy atom. The average Bonchev–Trinajstić information content (AvgIpc) is 3.10. The molecule has 0 aromatic heterocycles. The van der Waals surface area contributed by atoms with E-state index >= 15 is 0 Å². The fraction of sp³-hybridized carbons (Fsp3) is 0.400. The van der Waals surface area contributed by atoms with E-state index < -0.39 is 6.04 Å². The highest BCUT2D eigenvalue weighted by molar-refractivity contribution is 6.21. The Morgan fingerprint density at radius 2 is 1.73 bits per heavy atom. The molecule has 0 radical (unpaired) electrons. The molecule has 2 fully saturated rings. The van der Waals surface area contributed by atoms with E-state index in [0.717, 1.165) is 50.4 Å². The van der Waals surface area contributed by atoms with Gasteiger partial charge in [0.05, 0.1) is 18.9 Å². The fourth-order valence-electron chi connectivity index (χ4n) is 4.75. The van der Waals surface area contributed by atoms with E-state index in [0.29, 0.717) is 30.8 Å². The van der Waals surface area contributed by atoms with E-state index in [9.17, 15) is 14.4 Å². The summed E-state index contributed by atoms with van der Waals surface area (Å²) in [7, 11) is 0. The number of hydrogen-bond donors (Lipinski definition) is 1. The predicted octanol–water partition coefficient (Wildman–Crippen LogP) is 2.03. The lowest BCUT2D eigenvalue weighted by molar-refractivity contribution is -0.120. The van der Waals surface area contributed by atoms with Gasteiger partial charge in [-0.15, -0.1) is 0 Å². The average molecular weight is 449 g/mol. The van der Waals surface area contributed by atoms with Crippen molar-refractivity contribution in [3.8, 4) is 0 Å². The molecule has 3 heterocycles. The second kappa shape index (κ2) is 9.33. The summed E-state index contributed by atoms with van der Waals surface area (Å²) in [4.78, 5) is 43.8. The van der Waals surface area contributed by atoms with Gasteiger partial charge in [-0.05, 0) is 48.4 Å². The maximum absolute atomic E-state index is 13.1. The summed E-state index contributed by atoms with van der Waals surface area (Å²) in [5.74, 6) is -0.370. The molecule has 4 amide bonds. The summed E-state index contributed by atoms with van der Waals surface area (Å²) in [6, 6.07) is 13.8. The van der Waals surface area contributed by atoms with Crippen LogP contribution in [0.3, 0.4) is 0 Å². The Kier molecular flexibility index (Phi) is 6.11. The quantitative estimate of drug-likeness (QED) is 0.540. The first-order valence-electron chi connectivity index (χ1n) is 11.5. The van der Waals surface area contributed by atoms with Crippen molar-refractivity contribution in [3.05, 3.63) is 65.2 Å². The third-order valence-electron chi connectivity index (χ3n) is 6.62. The molecule has 0 bridgehead atoms. The number of rotatable bonds is 6. The smallest absolute Gasteiger partial charge is 0.332 e. The van der Waals surface area contributed by atoms with Gasteiger partial charge in [0.2, 0.25) is 0 Å². The molecule has 0 unspecified atom stereocenters. The van der Waals surface area contributed by atoms with E-state index in [1.54, 1.807) is 29.2 Å². The van der Waals surface area contributed by atoms with E-state index in [-0.39, 0.29) is 17.8 Å². The molecular formula is C25H28N4O4. The molecule has 3 aliphatic rings. The van der Waals surface area contributed by atoms with Crippen molar-refractivity contribution >= 4 is 23.5 Å². The summed E-state index contributed by atoms with van der Waals surface area (Å²) in [5.41, 5.74) is 3.20. The van der Waals surface area contributed by atoms with Crippen LogP contribution in [0.5, 0.6) is 0 Å². The molecule has 2 aromatic rings. The topological polar surface area (TPSA) is 82.2 Å². The SMILES string of the molecule is O=C(NCCCN1CCOCC1)c1ccc(N2C(=O)[C@@H]3Cc4ccccc4CN3C2=O)cc1. The number of anilines is 1. The molecular weight excluding hydrogens is 420 g/mol. The number of carbonyl (C=O) groups is 3. The Hall–Kier alpha value is -3.23. The van der Waals surface area contributed by atoms with Crippen molar-refractivity contribution in [1.29, 1.82) is 0 Å². The van der Waals surface area contributed by atoms with E-state index in [1.165, 1.54) is 4.90 Å². The second-order valence-electron chi connectivity index (χ2n) is 8.68. The van der Waals surface area contributed by atoms with Crippen molar-refractivity contribution in [2.45, 2.75) is 25.4 Å². The largest absolute Gasteiger partial charge is 0.379 e. The minimum absolute atomic E-state index is 0.157. The lowest BCUT2D eigenvalue weighted by atomic mass is 9.95. The van der Waals surface area contributed by atoms with Gasteiger partial charge in [0, 0.05) is 38.2 Å². The zero-order chi connectivity index (χ0) is 22.8. The number of ether oxygens (including phenoxy) is 1. The Morgan fingerprint density at radius 3 is 2.48 bits per heavy atom. The number of nitrogens with one attached hydrogen (secondary N) is 1. The molecule has 1 atom stereocenters. The highest BCUT2D eigenvalue weighted by Crippen LogP contribution is 2.32. The Bertz CT molecular complexity index is 1010. The third-order valence-corrected chi connectivity index (χ3v) is 6.62. The highest BCUT2D eigenvalue weighted by Gasteiger charge is 2.47. The van der Waals surface area contributed by atoms with E-state index in [4.69, 9.17) is 4.74 Å². The molecule has 0 saturated carbocycles. The summed E-state index contributed by atoms with van der Waals surface area (Å²) in [6.07, 6.45) is 1.41.